The topological polar surface area (TPSA) is 17.8 Å². The van der Waals surface area contributed by atoms with Crippen LogP contribution in [0.5, 0.6) is 0 Å². The van der Waals surface area contributed by atoms with E-state index >= 15 is 0 Å². The van der Waals surface area contributed by atoms with Crippen LogP contribution < -0.4 is 0 Å². The molecule has 0 unspecified atom stereocenters. The molecule has 3 heteroatoms. The first-order chi connectivity index (χ1) is 10.2. The lowest BCUT2D eigenvalue weighted by Gasteiger charge is -2.30. The molecule has 0 N–H and O–H groups in total. The first kappa shape index (κ1) is 14.9. The maximum absolute atomic E-state index is 6.00. The van der Waals surface area contributed by atoms with E-state index in [1.807, 2.05) is 0 Å². The highest BCUT2D eigenvalue weighted by molar-refractivity contribution is 6.17. The highest BCUT2D eigenvalue weighted by atomic mass is 35.5. The molecule has 0 atom stereocenters. The molecule has 2 nitrogen and oxygen atoms in total. The molecule has 114 valence electrons. The summed E-state index contributed by atoms with van der Waals surface area (Å²) in [5.41, 5.74) is 3.70. The number of benzene rings is 1. The smallest absolute Gasteiger partial charge is 0.111 e. The van der Waals surface area contributed by atoms with E-state index in [1.165, 1.54) is 49.0 Å². The molecule has 1 aromatic carbocycles. The van der Waals surface area contributed by atoms with Gasteiger partial charge in [-0.25, -0.2) is 4.98 Å². The van der Waals surface area contributed by atoms with Gasteiger partial charge in [0.15, 0.2) is 0 Å². The van der Waals surface area contributed by atoms with Gasteiger partial charge in [-0.15, -0.1) is 11.6 Å². The van der Waals surface area contributed by atoms with Crippen LogP contribution in [0, 0.1) is 12.8 Å². The Kier molecular flexibility index (Phi) is 4.54. The Balaban J connectivity index is 1.97. The van der Waals surface area contributed by atoms with Crippen molar-refractivity contribution in [3.63, 3.8) is 0 Å². The van der Waals surface area contributed by atoms with Gasteiger partial charge < -0.3 is 4.57 Å². The number of alkyl halides is 1. The monoisotopic (exact) mass is 304 g/mol. The zero-order chi connectivity index (χ0) is 14.8. The molecule has 1 aliphatic rings. The quantitative estimate of drug-likeness (QED) is 0.704. The van der Waals surface area contributed by atoms with Crippen LogP contribution in [0.4, 0.5) is 0 Å². The minimum Gasteiger partial charge on any atom is -0.325 e. The average molecular weight is 305 g/mol. The van der Waals surface area contributed by atoms with Crippen LogP contribution in [0.1, 0.15) is 56.5 Å². The summed E-state index contributed by atoms with van der Waals surface area (Å²) in [6, 6.07) is 7.24. The van der Waals surface area contributed by atoms with Gasteiger partial charge in [0.2, 0.25) is 0 Å². The van der Waals surface area contributed by atoms with E-state index in [0.717, 1.165) is 17.9 Å². The molecule has 1 aromatic heterocycles. The largest absolute Gasteiger partial charge is 0.325 e. The lowest BCUT2D eigenvalue weighted by Crippen LogP contribution is -2.19. The fraction of sp³-hybridized carbons (Fsp3) is 0.611. The van der Waals surface area contributed by atoms with Crippen LogP contribution in [0.3, 0.4) is 0 Å². The third-order valence-electron chi connectivity index (χ3n) is 4.99. The molecular weight excluding hydrogens is 280 g/mol. The highest BCUT2D eigenvalue weighted by Crippen LogP contribution is 2.36. The minimum atomic E-state index is 0.610. The maximum Gasteiger partial charge on any atom is 0.111 e. The Hall–Kier alpha value is -1.02. The van der Waals surface area contributed by atoms with E-state index < -0.39 is 0 Å². The van der Waals surface area contributed by atoms with E-state index in [-0.39, 0.29) is 0 Å². The van der Waals surface area contributed by atoms with Crippen molar-refractivity contribution in [2.75, 3.05) is 5.88 Å². The Morgan fingerprint density at radius 2 is 2.00 bits per heavy atom. The van der Waals surface area contributed by atoms with Gasteiger partial charge in [0.05, 0.1) is 11.0 Å². The van der Waals surface area contributed by atoms with Gasteiger partial charge in [-0.1, -0.05) is 19.4 Å². The molecule has 1 saturated carbocycles. The van der Waals surface area contributed by atoms with Crippen molar-refractivity contribution in [2.24, 2.45) is 5.92 Å². The van der Waals surface area contributed by atoms with Gasteiger partial charge >= 0.3 is 0 Å². The van der Waals surface area contributed by atoms with Crippen molar-refractivity contribution < 1.29 is 0 Å². The second-order valence-corrected chi connectivity index (χ2v) is 6.79. The Morgan fingerprint density at radius 1 is 1.24 bits per heavy atom. The number of hydrogen-bond donors (Lipinski definition) is 0. The molecule has 1 fully saturated rings. The van der Waals surface area contributed by atoms with Crippen LogP contribution in [0.2, 0.25) is 0 Å². The minimum absolute atomic E-state index is 0.610. The molecule has 0 radical (unpaired) electrons. The summed E-state index contributed by atoms with van der Waals surface area (Å²) in [5, 5.41) is 0. The normalized spacial score (nSPS) is 22.8. The SMILES string of the molecule is CCC1CCC(n2c(CCCl)nc3cc(C)ccc32)CC1. The Labute approximate surface area is 132 Å². The van der Waals surface area contributed by atoms with E-state index in [0.29, 0.717) is 11.9 Å². The van der Waals surface area contributed by atoms with Gasteiger partial charge in [0.1, 0.15) is 5.82 Å². The first-order valence-electron chi connectivity index (χ1n) is 8.26. The lowest BCUT2D eigenvalue weighted by atomic mass is 9.84. The van der Waals surface area contributed by atoms with Crippen molar-refractivity contribution >= 4 is 22.6 Å². The summed E-state index contributed by atoms with van der Waals surface area (Å²) in [7, 11) is 0. The predicted molar refractivity (Wildman–Crippen MR) is 90.2 cm³/mol. The lowest BCUT2D eigenvalue weighted by molar-refractivity contribution is 0.270. The molecule has 1 aliphatic carbocycles. The average Bonchev–Trinajstić information content (AvgIpc) is 2.85. The molecule has 3 rings (SSSR count). The summed E-state index contributed by atoms with van der Waals surface area (Å²) in [6.07, 6.45) is 7.47. The third-order valence-corrected chi connectivity index (χ3v) is 5.18. The van der Waals surface area contributed by atoms with Crippen LogP contribution in [-0.4, -0.2) is 15.4 Å². The van der Waals surface area contributed by atoms with Crippen molar-refractivity contribution in [3.05, 3.63) is 29.6 Å². The fourth-order valence-corrected chi connectivity index (χ4v) is 3.91. The Bertz CT molecular complexity index is 609. The van der Waals surface area contributed by atoms with Crippen molar-refractivity contribution in [2.45, 2.75) is 58.4 Å². The molecule has 0 aliphatic heterocycles. The van der Waals surface area contributed by atoms with Gasteiger partial charge in [-0.05, 0) is 56.2 Å². The molecular formula is C18H25ClN2. The molecule has 0 bridgehead atoms. The second kappa shape index (κ2) is 6.39. The van der Waals surface area contributed by atoms with E-state index in [9.17, 15) is 0 Å². The molecule has 0 spiro atoms. The molecule has 21 heavy (non-hydrogen) atoms. The number of nitrogens with zero attached hydrogens (tertiary/aromatic N) is 2. The van der Waals surface area contributed by atoms with Gasteiger partial charge in [0, 0.05) is 18.3 Å². The van der Waals surface area contributed by atoms with Gasteiger partial charge in [-0.2, -0.15) is 0 Å². The maximum atomic E-state index is 6.00. The Morgan fingerprint density at radius 3 is 2.67 bits per heavy atom. The van der Waals surface area contributed by atoms with E-state index in [1.54, 1.807) is 0 Å². The second-order valence-electron chi connectivity index (χ2n) is 6.41. The number of halogens is 1. The van der Waals surface area contributed by atoms with Crippen LogP contribution in [-0.2, 0) is 6.42 Å². The zero-order valence-electron chi connectivity index (χ0n) is 13.1. The molecule has 2 aromatic rings. The molecule has 0 saturated heterocycles. The zero-order valence-corrected chi connectivity index (χ0v) is 13.9. The number of aryl methyl sites for hydroxylation is 2. The third kappa shape index (κ3) is 2.96. The van der Waals surface area contributed by atoms with Crippen LogP contribution in [0.25, 0.3) is 11.0 Å². The van der Waals surface area contributed by atoms with Crippen LogP contribution in [0.15, 0.2) is 18.2 Å². The van der Waals surface area contributed by atoms with Crippen molar-refractivity contribution in [3.8, 4) is 0 Å². The molecule has 1 heterocycles. The van der Waals surface area contributed by atoms with E-state index in [4.69, 9.17) is 16.6 Å². The number of imidazole rings is 1. The number of rotatable bonds is 4. The summed E-state index contributed by atoms with van der Waals surface area (Å²) in [5.74, 6) is 2.74. The first-order valence-corrected chi connectivity index (χ1v) is 8.79. The highest BCUT2D eigenvalue weighted by Gasteiger charge is 2.24. The number of aromatic nitrogens is 2. The predicted octanol–water partition coefficient (Wildman–Crippen LogP) is 5.27. The number of fused-ring (bicyclic) bond motifs is 1. The summed E-state index contributed by atoms with van der Waals surface area (Å²) >= 11 is 6.00. The van der Waals surface area contributed by atoms with Crippen molar-refractivity contribution in [1.82, 2.24) is 9.55 Å². The number of hydrogen-bond acceptors (Lipinski definition) is 1. The summed E-state index contributed by atoms with van der Waals surface area (Å²) in [6.45, 7) is 4.45. The van der Waals surface area contributed by atoms with E-state index in [2.05, 4.69) is 36.6 Å². The van der Waals surface area contributed by atoms with Crippen LogP contribution >= 0.6 is 11.6 Å². The molecule has 0 amide bonds. The van der Waals surface area contributed by atoms with Gasteiger partial charge in [0.25, 0.3) is 0 Å². The van der Waals surface area contributed by atoms with Crippen molar-refractivity contribution in [1.29, 1.82) is 0 Å². The fourth-order valence-electron chi connectivity index (χ4n) is 3.74. The summed E-state index contributed by atoms with van der Waals surface area (Å²) in [4.78, 5) is 4.86. The van der Waals surface area contributed by atoms with Gasteiger partial charge in [-0.3, -0.25) is 0 Å². The summed E-state index contributed by atoms with van der Waals surface area (Å²) < 4.78 is 2.49. The standard InChI is InChI=1S/C18H25ClN2/c1-3-14-5-7-15(8-6-14)21-17-9-4-13(2)12-16(17)20-18(21)10-11-19/h4,9,12,14-15H,3,5-8,10-11H2,1-2H3.